The highest BCUT2D eigenvalue weighted by Gasteiger charge is 2.15. The van der Waals surface area contributed by atoms with Gasteiger partial charge in [0.1, 0.15) is 11.5 Å². The minimum Gasteiger partial charge on any atom is -0.461 e. The number of rotatable bonds is 6. The molecular formula is C24H25N3O. The summed E-state index contributed by atoms with van der Waals surface area (Å²) in [5.74, 6) is 1.84. The van der Waals surface area contributed by atoms with Crippen LogP contribution in [0.25, 0.3) is 17.0 Å². The minimum atomic E-state index is 0.184. The topological polar surface area (TPSA) is 43.0 Å². The van der Waals surface area contributed by atoms with E-state index in [4.69, 9.17) is 4.42 Å². The van der Waals surface area contributed by atoms with Crippen LogP contribution in [0.5, 0.6) is 0 Å². The van der Waals surface area contributed by atoms with E-state index in [0.717, 1.165) is 35.0 Å². The fourth-order valence-electron chi connectivity index (χ4n) is 3.54. The molecule has 2 aromatic heterocycles. The van der Waals surface area contributed by atoms with Crippen LogP contribution in [0.3, 0.4) is 0 Å². The molecule has 142 valence electrons. The average molecular weight is 371 g/mol. The molecule has 0 fully saturated rings. The number of aryl methyl sites for hydroxylation is 1. The molecule has 2 aromatic carbocycles. The van der Waals surface area contributed by atoms with Crippen molar-refractivity contribution in [1.82, 2.24) is 15.1 Å². The van der Waals surface area contributed by atoms with Gasteiger partial charge in [0.05, 0.1) is 11.9 Å². The standard InChI is InChI=1S/C24H25N3O/c1-17-13-14-24(28-17)22-12-8-7-9-20(22)15-25-18(2)23-16-26-27(19(23)3)21-10-5-4-6-11-21/h4-14,16,18,25H,15H2,1-3H3. The second-order valence-corrected chi connectivity index (χ2v) is 7.10. The minimum absolute atomic E-state index is 0.184. The number of nitrogens with zero attached hydrogens (tertiary/aromatic N) is 2. The smallest absolute Gasteiger partial charge is 0.134 e. The summed E-state index contributed by atoms with van der Waals surface area (Å²) in [6.45, 7) is 7.03. The van der Waals surface area contributed by atoms with E-state index in [1.54, 1.807) is 0 Å². The number of para-hydroxylation sites is 1. The first-order valence-corrected chi connectivity index (χ1v) is 9.61. The Kier molecular flexibility index (Phi) is 5.13. The highest BCUT2D eigenvalue weighted by Crippen LogP contribution is 2.27. The predicted molar refractivity (Wildman–Crippen MR) is 112 cm³/mol. The Morgan fingerprint density at radius 2 is 1.71 bits per heavy atom. The van der Waals surface area contributed by atoms with Crippen LogP contribution >= 0.6 is 0 Å². The van der Waals surface area contributed by atoms with E-state index < -0.39 is 0 Å². The lowest BCUT2D eigenvalue weighted by molar-refractivity contribution is 0.544. The lowest BCUT2D eigenvalue weighted by Crippen LogP contribution is -2.19. The Morgan fingerprint density at radius 1 is 0.964 bits per heavy atom. The van der Waals surface area contributed by atoms with Gasteiger partial charge < -0.3 is 9.73 Å². The van der Waals surface area contributed by atoms with Gasteiger partial charge in [-0.05, 0) is 50.6 Å². The Balaban J connectivity index is 1.52. The van der Waals surface area contributed by atoms with Gasteiger partial charge in [-0.15, -0.1) is 0 Å². The molecule has 4 rings (SSSR count). The van der Waals surface area contributed by atoms with Crippen molar-refractivity contribution in [2.24, 2.45) is 0 Å². The monoisotopic (exact) mass is 371 g/mol. The van der Waals surface area contributed by atoms with E-state index in [1.165, 1.54) is 11.1 Å². The first kappa shape index (κ1) is 18.3. The first-order valence-electron chi connectivity index (χ1n) is 9.61. The van der Waals surface area contributed by atoms with Gasteiger partial charge in [0.2, 0.25) is 0 Å². The number of hydrogen-bond donors (Lipinski definition) is 1. The third-order valence-electron chi connectivity index (χ3n) is 5.14. The molecule has 0 aliphatic carbocycles. The third kappa shape index (κ3) is 3.64. The molecular weight excluding hydrogens is 346 g/mol. The molecule has 0 spiro atoms. The van der Waals surface area contributed by atoms with Gasteiger partial charge in [-0.3, -0.25) is 0 Å². The zero-order valence-corrected chi connectivity index (χ0v) is 16.5. The number of aromatic nitrogens is 2. The van der Waals surface area contributed by atoms with E-state index in [2.05, 4.69) is 54.6 Å². The second kappa shape index (κ2) is 7.87. The van der Waals surface area contributed by atoms with E-state index in [-0.39, 0.29) is 6.04 Å². The van der Waals surface area contributed by atoms with Crippen molar-refractivity contribution in [2.45, 2.75) is 33.4 Å². The fourth-order valence-corrected chi connectivity index (χ4v) is 3.54. The molecule has 0 aliphatic rings. The molecule has 1 N–H and O–H groups in total. The largest absolute Gasteiger partial charge is 0.461 e. The summed E-state index contributed by atoms with van der Waals surface area (Å²) in [7, 11) is 0. The Labute approximate surface area is 165 Å². The zero-order valence-electron chi connectivity index (χ0n) is 16.5. The lowest BCUT2D eigenvalue weighted by atomic mass is 10.0. The van der Waals surface area contributed by atoms with Crippen LogP contribution in [0, 0.1) is 13.8 Å². The van der Waals surface area contributed by atoms with Crippen molar-refractivity contribution in [3.8, 4) is 17.0 Å². The maximum Gasteiger partial charge on any atom is 0.134 e. The molecule has 0 saturated heterocycles. The van der Waals surface area contributed by atoms with Crippen molar-refractivity contribution >= 4 is 0 Å². The second-order valence-electron chi connectivity index (χ2n) is 7.10. The SMILES string of the molecule is Cc1ccc(-c2ccccc2CNC(C)c2cnn(-c3ccccc3)c2C)o1. The van der Waals surface area contributed by atoms with Crippen LogP contribution in [-0.2, 0) is 6.54 Å². The predicted octanol–water partition coefficient (Wildman–Crippen LogP) is 5.60. The summed E-state index contributed by atoms with van der Waals surface area (Å²) in [5, 5.41) is 8.23. The molecule has 0 radical (unpaired) electrons. The van der Waals surface area contributed by atoms with Crippen LogP contribution in [0.1, 0.15) is 35.5 Å². The molecule has 4 heteroatoms. The molecule has 0 bridgehead atoms. The molecule has 4 aromatic rings. The summed E-state index contributed by atoms with van der Waals surface area (Å²) in [6.07, 6.45) is 1.96. The quantitative estimate of drug-likeness (QED) is 0.480. The molecule has 2 heterocycles. The summed E-state index contributed by atoms with van der Waals surface area (Å²) >= 11 is 0. The molecule has 0 amide bonds. The van der Waals surface area contributed by atoms with Crippen molar-refractivity contribution in [2.75, 3.05) is 0 Å². The number of nitrogens with one attached hydrogen (secondary N) is 1. The van der Waals surface area contributed by atoms with E-state index in [1.807, 2.05) is 54.2 Å². The van der Waals surface area contributed by atoms with Gasteiger partial charge in [0.15, 0.2) is 0 Å². The fraction of sp³-hybridized carbons (Fsp3) is 0.208. The Hall–Kier alpha value is -3.11. The molecule has 1 atom stereocenters. The molecule has 28 heavy (non-hydrogen) atoms. The highest BCUT2D eigenvalue weighted by atomic mass is 16.3. The Bertz CT molecular complexity index is 1060. The molecule has 0 aliphatic heterocycles. The van der Waals surface area contributed by atoms with Crippen LogP contribution < -0.4 is 5.32 Å². The molecule has 1 unspecified atom stereocenters. The molecule has 4 nitrogen and oxygen atoms in total. The van der Waals surface area contributed by atoms with Gasteiger partial charge in [0.25, 0.3) is 0 Å². The maximum atomic E-state index is 5.83. The number of benzene rings is 2. The Morgan fingerprint density at radius 3 is 2.46 bits per heavy atom. The molecule has 0 saturated carbocycles. The van der Waals surface area contributed by atoms with Crippen molar-refractivity contribution < 1.29 is 4.42 Å². The summed E-state index contributed by atoms with van der Waals surface area (Å²) in [5.41, 5.74) is 5.79. The van der Waals surface area contributed by atoms with Crippen molar-refractivity contribution in [3.63, 3.8) is 0 Å². The maximum absolute atomic E-state index is 5.83. The van der Waals surface area contributed by atoms with Crippen LogP contribution in [0.15, 0.2) is 77.3 Å². The summed E-state index contributed by atoms with van der Waals surface area (Å²) < 4.78 is 7.83. The first-order chi connectivity index (χ1) is 13.6. The zero-order chi connectivity index (χ0) is 19.5. The van der Waals surface area contributed by atoms with Gasteiger partial charge in [-0.1, -0.05) is 42.5 Å². The van der Waals surface area contributed by atoms with Crippen molar-refractivity contribution in [3.05, 3.63) is 95.5 Å². The van der Waals surface area contributed by atoms with Gasteiger partial charge in [0, 0.05) is 29.4 Å². The third-order valence-corrected chi connectivity index (χ3v) is 5.14. The van der Waals surface area contributed by atoms with E-state index >= 15 is 0 Å². The van der Waals surface area contributed by atoms with Crippen LogP contribution in [0.2, 0.25) is 0 Å². The lowest BCUT2D eigenvalue weighted by Gasteiger charge is -2.16. The highest BCUT2D eigenvalue weighted by molar-refractivity contribution is 5.62. The van der Waals surface area contributed by atoms with Crippen molar-refractivity contribution in [1.29, 1.82) is 0 Å². The number of furan rings is 1. The van der Waals surface area contributed by atoms with E-state index in [9.17, 15) is 0 Å². The van der Waals surface area contributed by atoms with Gasteiger partial charge in [-0.25, -0.2) is 4.68 Å². The summed E-state index contributed by atoms with van der Waals surface area (Å²) in [6, 6.07) is 22.8. The van der Waals surface area contributed by atoms with Gasteiger partial charge >= 0.3 is 0 Å². The number of hydrogen-bond acceptors (Lipinski definition) is 3. The van der Waals surface area contributed by atoms with Gasteiger partial charge in [-0.2, -0.15) is 5.10 Å². The summed E-state index contributed by atoms with van der Waals surface area (Å²) in [4.78, 5) is 0. The average Bonchev–Trinajstić information content (AvgIpc) is 3.33. The normalized spacial score (nSPS) is 12.2. The van der Waals surface area contributed by atoms with E-state index in [0.29, 0.717) is 0 Å². The van der Waals surface area contributed by atoms with Crippen LogP contribution in [0.4, 0.5) is 0 Å². The van der Waals surface area contributed by atoms with Crippen LogP contribution in [-0.4, -0.2) is 9.78 Å².